The normalized spacial score (nSPS) is 16.2. The van der Waals surface area contributed by atoms with Gasteiger partial charge in [-0.15, -0.1) is 0 Å². The molecule has 0 spiro atoms. The molecule has 1 fully saturated rings. The van der Waals surface area contributed by atoms with Gasteiger partial charge in [0.15, 0.2) is 5.16 Å². The van der Waals surface area contributed by atoms with Gasteiger partial charge >= 0.3 is 0 Å². The molecule has 1 aliphatic heterocycles. The molecule has 7 nitrogen and oxygen atoms in total. The van der Waals surface area contributed by atoms with E-state index >= 15 is 0 Å². The molecule has 0 aliphatic carbocycles. The number of hydrogen-bond acceptors (Lipinski definition) is 7. The number of likely N-dealkylation sites (tertiary alicyclic amines) is 1. The molecule has 1 amide bonds. The SMILES string of the molecule is O=C(CSc1ncccn1)NCC(O)CN1CCC(Oc2ccc(Cl)c(Cl)c2)CC1. The standard InChI is InChI=1S/C20H24Cl2N4O3S/c21-17-3-2-16(10-18(17)22)29-15-4-8-26(9-5-15)12-14(27)11-25-19(28)13-30-20-23-6-1-7-24-20/h1-3,6-7,10,14-15,27H,4-5,8-9,11-13H2,(H,25,28). The van der Waals surface area contributed by atoms with Crippen molar-refractivity contribution >= 4 is 40.9 Å². The van der Waals surface area contributed by atoms with Crippen molar-refractivity contribution in [2.24, 2.45) is 0 Å². The second-order valence-electron chi connectivity index (χ2n) is 6.97. The fourth-order valence-corrected chi connectivity index (χ4v) is 4.01. The first kappa shape index (κ1) is 23.1. The maximum atomic E-state index is 11.9. The van der Waals surface area contributed by atoms with Crippen molar-refractivity contribution in [1.82, 2.24) is 20.2 Å². The molecule has 162 valence electrons. The summed E-state index contributed by atoms with van der Waals surface area (Å²) in [5.41, 5.74) is 0. The van der Waals surface area contributed by atoms with E-state index in [1.54, 1.807) is 30.6 Å². The van der Waals surface area contributed by atoms with Gasteiger partial charge in [0.2, 0.25) is 5.91 Å². The van der Waals surface area contributed by atoms with Crippen LogP contribution in [0.4, 0.5) is 0 Å². The third-order valence-electron chi connectivity index (χ3n) is 4.61. The molecule has 1 aromatic heterocycles. The number of carbonyl (C=O) groups excluding carboxylic acids is 1. The Morgan fingerprint density at radius 3 is 2.70 bits per heavy atom. The Labute approximate surface area is 190 Å². The van der Waals surface area contributed by atoms with Gasteiger partial charge in [-0.05, 0) is 31.0 Å². The van der Waals surface area contributed by atoms with Crippen molar-refractivity contribution in [3.63, 3.8) is 0 Å². The van der Waals surface area contributed by atoms with Crippen molar-refractivity contribution in [3.05, 3.63) is 46.7 Å². The number of piperidine rings is 1. The van der Waals surface area contributed by atoms with E-state index in [1.807, 2.05) is 6.07 Å². The van der Waals surface area contributed by atoms with E-state index in [1.165, 1.54) is 11.8 Å². The summed E-state index contributed by atoms with van der Waals surface area (Å²) in [6.07, 6.45) is 4.46. The Kier molecular flexibility index (Phi) is 9.02. The first-order valence-corrected chi connectivity index (χ1v) is 11.4. The molecule has 2 heterocycles. The van der Waals surface area contributed by atoms with Crippen molar-refractivity contribution in [2.45, 2.75) is 30.2 Å². The van der Waals surface area contributed by atoms with Crippen LogP contribution < -0.4 is 10.1 Å². The number of nitrogens with one attached hydrogen (secondary N) is 1. The summed E-state index contributed by atoms with van der Waals surface area (Å²) in [6, 6.07) is 6.99. The van der Waals surface area contributed by atoms with E-state index in [0.717, 1.165) is 25.9 Å². The first-order chi connectivity index (χ1) is 14.5. The van der Waals surface area contributed by atoms with Gasteiger partial charge in [0.1, 0.15) is 11.9 Å². The van der Waals surface area contributed by atoms with Crippen LogP contribution in [0.5, 0.6) is 5.75 Å². The van der Waals surface area contributed by atoms with Gasteiger partial charge in [0.05, 0.1) is 21.9 Å². The van der Waals surface area contributed by atoms with Crippen LogP contribution >= 0.6 is 35.0 Å². The zero-order chi connectivity index (χ0) is 21.3. The zero-order valence-corrected chi connectivity index (χ0v) is 18.7. The second-order valence-corrected chi connectivity index (χ2v) is 8.73. The minimum absolute atomic E-state index is 0.104. The molecule has 2 N–H and O–H groups in total. The van der Waals surface area contributed by atoms with Gasteiger partial charge in [-0.3, -0.25) is 4.79 Å². The smallest absolute Gasteiger partial charge is 0.230 e. The Morgan fingerprint density at radius 2 is 2.00 bits per heavy atom. The number of carbonyl (C=O) groups is 1. The number of nitrogens with zero attached hydrogens (tertiary/aromatic N) is 3. The van der Waals surface area contributed by atoms with E-state index in [9.17, 15) is 9.90 Å². The lowest BCUT2D eigenvalue weighted by molar-refractivity contribution is -0.119. The topological polar surface area (TPSA) is 87.6 Å². The molecule has 1 aliphatic rings. The summed E-state index contributed by atoms with van der Waals surface area (Å²) in [5.74, 6) is 0.776. The third-order valence-corrected chi connectivity index (χ3v) is 6.22. The van der Waals surface area contributed by atoms with Crippen LogP contribution in [0.15, 0.2) is 41.8 Å². The summed E-state index contributed by atoms with van der Waals surface area (Å²) in [6.45, 7) is 2.36. The number of aliphatic hydroxyl groups excluding tert-OH is 1. The maximum Gasteiger partial charge on any atom is 0.230 e. The number of halogens is 2. The average molecular weight is 471 g/mol. The molecule has 30 heavy (non-hydrogen) atoms. The first-order valence-electron chi connectivity index (χ1n) is 9.68. The summed E-state index contributed by atoms with van der Waals surface area (Å²) in [7, 11) is 0. The minimum Gasteiger partial charge on any atom is -0.490 e. The van der Waals surface area contributed by atoms with Gasteiger partial charge in [-0.25, -0.2) is 9.97 Å². The van der Waals surface area contributed by atoms with E-state index < -0.39 is 6.10 Å². The molecule has 2 aromatic rings. The summed E-state index contributed by atoms with van der Waals surface area (Å²) < 4.78 is 5.98. The molecule has 0 saturated carbocycles. The van der Waals surface area contributed by atoms with Gasteiger partial charge in [-0.1, -0.05) is 35.0 Å². The number of rotatable bonds is 9. The molecule has 1 aromatic carbocycles. The fourth-order valence-electron chi connectivity index (χ4n) is 3.09. The zero-order valence-electron chi connectivity index (χ0n) is 16.3. The number of hydrogen-bond donors (Lipinski definition) is 2. The Bertz CT molecular complexity index is 823. The van der Waals surface area contributed by atoms with Crippen LogP contribution in [0.2, 0.25) is 10.0 Å². The molecular weight excluding hydrogens is 447 g/mol. The van der Waals surface area contributed by atoms with Crippen LogP contribution in [0.1, 0.15) is 12.8 Å². The second kappa shape index (κ2) is 11.7. The van der Waals surface area contributed by atoms with Crippen LogP contribution in [0.25, 0.3) is 0 Å². The molecule has 1 atom stereocenters. The minimum atomic E-state index is -0.625. The quantitative estimate of drug-likeness (QED) is 0.430. The summed E-state index contributed by atoms with van der Waals surface area (Å²) in [4.78, 5) is 22.2. The lowest BCUT2D eigenvalue weighted by Crippen LogP contribution is -2.45. The highest BCUT2D eigenvalue weighted by Gasteiger charge is 2.22. The van der Waals surface area contributed by atoms with Crippen LogP contribution in [0.3, 0.4) is 0 Å². The number of β-amino-alcohol motifs (C(OH)–C–C–N with tert-alkyl or cyclic N) is 1. The van der Waals surface area contributed by atoms with Crippen molar-refractivity contribution in [2.75, 3.05) is 31.9 Å². The number of ether oxygens (including phenoxy) is 1. The largest absolute Gasteiger partial charge is 0.490 e. The fraction of sp³-hybridized carbons (Fsp3) is 0.450. The number of amides is 1. The average Bonchev–Trinajstić information content (AvgIpc) is 2.75. The number of aliphatic hydroxyl groups is 1. The van der Waals surface area contributed by atoms with Gasteiger partial charge in [0.25, 0.3) is 0 Å². The molecule has 1 unspecified atom stereocenters. The lowest BCUT2D eigenvalue weighted by atomic mass is 10.1. The summed E-state index contributed by atoms with van der Waals surface area (Å²) >= 11 is 13.2. The number of thioether (sulfide) groups is 1. The monoisotopic (exact) mass is 470 g/mol. The maximum absolute atomic E-state index is 11.9. The van der Waals surface area contributed by atoms with Crippen LogP contribution in [-0.2, 0) is 4.79 Å². The predicted octanol–water partition coefficient (Wildman–Crippen LogP) is 2.90. The number of aromatic nitrogens is 2. The number of benzene rings is 1. The van der Waals surface area contributed by atoms with Crippen molar-refractivity contribution < 1.29 is 14.6 Å². The van der Waals surface area contributed by atoms with Crippen molar-refractivity contribution in [3.8, 4) is 5.75 Å². The highest BCUT2D eigenvalue weighted by molar-refractivity contribution is 7.99. The van der Waals surface area contributed by atoms with Gasteiger partial charge < -0.3 is 20.1 Å². The van der Waals surface area contributed by atoms with E-state index in [0.29, 0.717) is 27.5 Å². The van der Waals surface area contributed by atoms with Crippen molar-refractivity contribution in [1.29, 1.82) is 0 Å². The molecule has 10 heteroatoms. The molecule has 3 rings (SSSR count). The molecular formula is C20H24Cl2N4O3S. The third kappa shape index (κ3) is 7.59. The van der Waals surface area contributed by atoms with E-state index in [-0.39, 0.29) is 24.3 Å². The van der Waals surface area contributed by atoms with Crippen LogP contribution in [-0.4, -0.2) is 70.0 Å². The van der Waals surface area contributed by atoms with E-state index in [4.69, 9.17) is 27.9 Å². The molecule has 0 bridgehead atoms. The Balaban J connectivity index is 1.31. The molecule has 0 radical (unpaired) electrons. The van der Waals surface area contributed by atoms with Crippen LogP contribution in [0, 0.1) is 0 Å². The van der Waals surface area contributed by atoms with Gasteiger partial charge in [-0.2, -0.15) is 0 Å². The highest BCUT2D eigenvalue weighted by Crippen LogP contribution is 2.28. The Hall–Kier alpha value is -1.58. The highest BCUT2D eigenvalue weighted by atomic mass is 35.5. The lowest BCUT2D eigenvalue weighted by Gasteiger charge is -2.33. The molecule has 1 saturated heterocycles. The Morgan fingerprint density at radius 1 is 1.27 bits per heavy atom. The van der Waals surface area contributed by atoms with E-state index in [2.05, 4.69) is 20.2 Å². The predicted molar refractivity (Wildman–Crippen MR) is 118 cm³/mol. The summed E-state index contributed by atoms with van der Waals surface area (Å²) in [5, 5.41) is 14.5. The van der Waals surface area contributed by atoms with Gasteiger partial charge in [0, 0.05) is 44.6 Å².